The predicted octanol–water partition coefficient (Wildman–Crippen LogP) is 3.62. The number of anilines is 1. The van der Waals surface area contributed by atoms with Crippen molar-refractivity contribution in [3.63, 3.8) is 0 Å². The second kappa shape index (κ2) is 5.65. The Morgan fingerprint density at radius 2 is 1.87 bits per heavy atom. The number of hydrogen-bond donors (Lipinski definition) is 0. The molecule has 5 nitrogen and oxygen atoms in total. The van der Waals surface area contributed by atoms with E-state index in [4.69, 9.17) is 9.40 Å². The van der Waals surface area contributed by atoms with Crippen LogP contribution in [0.25, 0.3) is 11.1 Å². The molecule has 1 aliphatic rings. The standard InChI is InChI=1S/C18H20N4O/c1-12-4-3-5-15-16(12)23-18(21-15)14-6-10-22(11-7-14)17-13(2)19-8-9-20-17/h3-5,8-9,14H,6-7,10-11H2,1-2H3. The van der Waals surface area contributed by atoms with Gasteiger partial charge in [-0.15, -0.1) is 0 Å². The van der Waals surface area contributed by atoms with Crippen LogP contribution in [0.1, 0.15) is 35.9 Å². The van der Waals surface area contributed by atoms with Gasteiger partial charge in [-0.25, -0.2) is 9.97 Å². The van der Waals surface area contributed by atoms with Crippen molar-refractivity contribution in [1.82, 2.24) is 15.0 Å². The molecule has 0 amide bonds. The lowest BCUT2D eigenvalue weighted by Crippen LogP contribution is -2.34. The average Bonchev–Trinajstić information content (AvgIpc) is 3.01. The molecule has 0 spiro atoms. The highest BCUT2D eigenvalue weighted by atomic mass is 16.3. The number of nitrogens with zero attached hydrogens (tertiary/aromatic N) is 4. The van der Waals surface area contributed by atoms with E-state index in [9.17, 15) is 0 Å². The summed E-state index contributed by atoms with van der Waals surface area (Å²) in [5.74, 6) is 2.26. The maximum atomic E-state index is 6.05. The second-order valence-electron chi connectivity index (χ2n) is 6.20. The molecule has 4 rings (SSSR count). The molecule has 1 saturated heterocycles. The van der Waals surface area contributed by atoms with Crippen LogP contribution in [0.3, 0.4) is 0 Å². The molecule has 0 unspecified atom stereocenters. The van der Waals surface area contributed by atoms with Gasteiger partial charge >= 0.3 is 0 Å². The van der Waals surface area contributed by atoms with Crippen molar-refractivity contribution in [1.29, 1.82) is 0 Å². The van der Waals surface area contributed by atoms with E-state index in [0.29, 0.717) is 5.92 Å². The summed E-state index contributed by atoms with van der Waals surface area (Å²) in [6.07, 6.45) is 5.56. The zero-order valence-corrected chi connectivity index (χ0v) is 13.5. The summed E-state index contributed by atoms with van der Waals surface area (Å²) < 4.78 is 6.05. The van der Waals surface area contributed by atoms with E-state index in [1.165, 1.54) is 0 Å². The van der Waals surface area contributed by atoms with Gasteiger partial charge in [-0.3, -0.25) is 4.98 Å². The van der Waals surface area contributed by atoms with E-state index in [1.54, 1.807) is 12.4 Å². The number of hydrogen-bond acceptors (Lipinski definition) is 5. The van der Waals surface area contributed by atoms with Crippen molar-refractivity contribution in [2.24, 2.45) is 0 Å². The highest BCUT2D eigenvalue weighted by molar-refractivity contribution is 5.76. The van der Waals surface area contributed by atoms with Crippen LogP contribution in [0.4, 0.5) is 5.82 Å². The third-order valence-corrected chi connectivity index (χ3v) is 4.63. The van der Waals surface area contributed by atoms with Gasteiger partial charge in [0.2, 0.25) is 0 Å². The molecule has 1 aromatic carbocycles. The van der Waals surface area contributed by atoms with Crippen molar-refractivity contribution in [3.8, 4) is 0 Å². The molecule has 1 aliphatic heterocycles. The van der Waals surface area contributed by atoms with Crippen molar-refractivity contribution in [2.75, 3.05) is 18.0 Å². The summed E-state index contributed by atoms with van der Waals surface area (Å²) >= 11 is 0. The number of piperidine rings is 1. The molecule has 0 atom stereocenters. The van der Waals surface area contributed by atoms with Crippen LogP contribution < -0.4 is 4.90 Å². The number of benzene rings is 1. The Morgan fingerprint density at radius 3 is 2.61 bits per heavy atom. The van der Waals surface area contributed by atoms with Crippen LogP contribution in [0.2, 0.25) is 0 Å². The molecule has 0 saturated carbocycles. The number of rotatable bonds is 2. The summed E-state index contributed by atoms with van der Waals surface area (Å²) in [4.78, 5) is 15.8. The molecular formula is C18H20N4O. The molecule has 0 bridgehead atoms. The summed E-state index contributed by atoms with van der Waals surface area (Å²) in [5, 5.41) is 0. The topological polar surface area (TPSA) is 55.1 Å². The van der Waals surface area contributed by atoms with E-state index in [-0.39, 0.29) is 0 Å². The third-order valence-electron chi connectivity index (χ3n) is 4.63. The fourth-order valence-corrected chi connectivity index (χ4v) is 3.33. The number of fused-ring (bicyclic) bond motifs is 1. The second-order valence-corrected chi connectivity index (χ2v) is 6.20. The maximum Gasteiger partial charge on any atom is 0.198 e. The summed E-state index contributed by atoms with van der Waals surface area (Å²) in [7, 11) is 0. The molecule has 1 fully saturated rings. The minimum absolute atomic E-state index is 0.384. The zero-order valence-electron chi connectivity index (χ0n) is 13.5. The minimum atomic E-state index is 0.384. The van der Waals surface area contributed by atoms with Crippen LogP contribution in [0.15, 0.2) is 35.0 Å². The van der Waals surface area contributed by atoms with Crippen molar-refractivity contribution in [2.45, 2.75) is 32.6 Å². The lowest BCUT2D eigenvalue weighted by molar-refractivity contribution is 0.405. The van der Waals surface area contributed by atoms with E-state index in [1.807, 2.05) is 19.1 Å². The van der Waals surface area contributed by atoms with E-state index >= 15 is 0 Å². The lowest BCUT2D eigenvalue weighted by Gasteiger charge is -2.31. The Morgan fingerprint density at radius 1 is 1.09 bits per heavy atom. The minimum Gasteiger partial charge on any atom is -0.440 e. The van der Waals surface area contributed by atoms with Crippen molar-refractivity contribution >= 4 is 16.9 Å². The van der Waals surface area contributed by atoms with Gasteiger partial charge in [-0.2, -0.15) is 0 Å². The molecule has 0 radical (unpaired) electrons. The average molecular weight is 308 g/mol. The maximum absolute atomic E-state index is 6.05. The summed E-state index contributed by atoms with van der Waals surface area (Å²) in [5.41, 5.74) is 4.03. The van der Waals surface area contributed by atoms with Crippen LogP contribution in [-0.4, -0.2) is 28.0 Å². The first-order valence-electron chi connectivity index (χ1n) is 8.11. The van der Waals surface area contributed by atoms with Crippen LogP contribution in [0, 0.1) is 13.8 Å². The van der Waals surface area contributed by atoms with Crippen LogP contribution in [-0.2, 0) is 0 Å². The summed E-state index contributed by atoms with van der Waals surface area (Å²) in [6, 6.07) is 6.12. The number of aryl methyl sites for hydroxylation is 2. The van der Waals surface area contributed by atoms with Gasteiger partial charge in [0.15, 0.2) is 11.5 Å². The Labute approximate surface area is 135 Å². The van der Waals surface area contributed by atoms with E-state index < -0.39 is 0 Å². The normalized spacial score (nSPS) is 16.2. The third kappa shape index (κ3) is 2.56. The number of oxazole rings is 1. The van der Waals surface area contributed by atoms with Gasteiger partial charge in [0.05, 0.1) is 5.69 Å². The summed E-state index contributed by atoms with van der Waals surface area (Å²) in [6.45, 7) is 6.00. The SMILES string of the molecule is Cc1nccnc1N1CCC(c2nc3cccc(C)c3o2)CC1. The number of aromatic nitrogens is 3. The highest BCUT2D eigenvalue weighted by Gasteiger charge is 2.26. The largest absolute Gasteiger partial charge is 0.440 e. The first-order chi connectivity index (χ1) is 11.2. The van der Waals surface area contributed by atoms with Gasteiger partial charge in [0.25, 0.3) is 0 Å². The van der Waals surface area contributed by atoms with Gasteiger partial charge < -0.3 is 9.32 Å². The Hall–Kier alpha value is -2.43. The van der Waals surface area contributed by atoms with Crippen LogP contribution in [0.5, 0.6) is 0 Å². The van der Waals surface area contributed by atoms with Gasteiger partial charge in [-0.1, -0.05) is 12.1 Å². The molecular weight excluding hydrogens is 288 g/mol. The van der Waals surface area contributed by atoms with Gasteiger partial charge in [0.1, 0.15) is 11.3 Å². The Balaban J connectivity index is 1.53. The van der Waals surface area contributed by atoms with Crippen molar-refractivity contribution < 1.29 is 4.42 Å². The van der Waals surface area contributed by atoms with Crippen LogP contribution >= 0.6 is 0 Å². The monoisotopic (exact) mass is 308 g/mol. The first-order valence-corrected chi connectivity index (χ1v) is 8.11. The Kier molecular flexibility index (Phi) is 3.48. The zero-order chi connectivity index (χ0) is 15.8. The molecule has 23 heavy (non-hydrogen) atoms. The lowest BCUT2D eigenvalue weighted by atomic mass is 9.97. The highest BCUT2D eigenvalue weighted by Crippen LogP contribution is 2.32. The fourth-order valence-electron chi connectivity index (χ4n) is 3.33. The first kappa shape index (κ1) is 14.2. The molecule has 2 aromatic heterocycles. The molecule has 5 heteroatoms. The van der Waals surface area contributed by atoms with Crippen molar-refractivity contribution in [3.05, 3.63) is 47.7 Å². The van der Waals surface area contributed by atoms with Gasteiger partial charge in [0, 0.05) is 31.4 Å². The quantitative estimate of drug-likeness (QED) is 0.723. The molecule has 3 aromatic rings. The molecule has 3 heterocycles. The molecule has 0 N–H and O–H groups in total. The number of para-hydroxylation sites is 1. The smallest absolute Gasteiger partial charge is 0.198 e. The predicted molar refractivity (Wildman–Crippen MR) is 89.7 cm³/mol. The molecule has 0 aliphatic carbocycles. The fraction of sp³-hybridized carbons (Fsp3) is 0.389. The van der Waals surface area contributed by atoms with E-state index in [0.717, 1.165) is 60.0 Å². The molecule has 118 valence electrons. The van der Waals surface area contributed by atoms with E-state index in [2.05, 4.69) is 27.9 Å². The Bertz CT molecular complexity index is 834. The van der Waals surface area contributed by atoms with Gasteiger partial charge in [-0.05, 0) is 38.3 Å².